The molecule has 5 rings (SSSR count). The summed E-state index contributed by atoms with van der Waals surface area (Å²) in [6, 6.07) is 23.5. The monoisotopic (exact) mass is 468 g/mol. The van der Waals surface area contributed by atoms with Crippen molar-refractivity contribution in [1.29, 1.82) is 0 Å². The van der Waals surface area contributed by atoms with Gasteiger partial charge in [0.05, 0.1) is 21.8 Å². The summed E-state index contributed by atoms with van der Waals surface area (Å²) >= 11 is 1.35. The third-order valence-electron chi connectivity index (χ3n) is 6.07. The van der Waals surface area contributed by atoms with Crippen molar-refractivity contribution in [3.8, 4) is 0 Å². The van der Waals surface area contributed by atoms with Gasteiger partial charge in [-0.1, -0.05) is 98.8 Å². The summed E-state index contributed by atoms with van der Waals surface area (Å²) in [7, 11) is 0. The second kappa shape index (κ2) is 8.22. The van der Waals surface area contributed by atoms with E-state index >= 15 is 0 Å². The highest BCUT2D eigenvalue weighted by Gasteiger charge is 2.48. The highest BCUT2D eigenvalue weighted by atomic mass is 32.1. The van der Waals surface area contributed by atoms with Crippen molar-refractivity contribution in [2.24, 2.45) is 0 Å². The van der Waals surface area contributed by atoms with Gasteiger partial charge in [0.1, 0.15) is 5.76 Å². The van der Waals surface area contributed by atoms with E-state index in [4.69, 9.17) is 0 Å². The summed E-state index contributed by atoms with van der Waals surface area (Å²) in [6.07, 6.45) is 0. The van der Waals surface area contributed by atoms with Gasteiger partial charge in [-0.15, -0.1) is 0 Å². The van der Waals surface area contributed by atoms with E-state index in [9.17, 15) is 14.7 Å². The van der Waals surface area contributed by atoms with Crippen molar-refractivity contribution in [2.75, 3.05) is 4.90 Å². The van der Waals surface area contributed by atoms with Crippen molar-refractivity contribution in [3.05, 3.63) is 101 Å². The maximum Gasteiger partial charge on any atom is 0.301 e. The summed E-state index contributed by atoms with van der Waals surface area (Å²) < 4.78 is 0.921. The minimum Gasteiger partial charge on any atom is -0.507 e. The Labute approximate surface area is 202 Å². The molecule has 1 amide bonds. The van der Waals surface area contributed by atoms with Crippen LogP contribution in [0.2, 0.25) is 0 Å². The first-order valence-corrected chi connectivity index (χ1v) is 11.9. The number of carbonyl (C=O) groups excluding carboxylic acids is 2. The predicted octanol–water partition coefficient (Wildman–Crippen LogP) is 6.22. The molecule has 34 heavy (non-hydrogen) atoms. The first-order chi connectivity index (χ1) is 16.3. The molecule has 170 valence electrons. The van der Waals surface area contributed by atoms with Crippen LogP contribution in [-0.2, 0) is 15.0 Å². The van der Waals surface area contributed by atoms with E-state index in [0.717, 1.165) is 21.3 Å². The zero-order valence-corrected chi connectivity index (χ0v) is 20.0. The lowest BCUT2D eigenvalue weighted by Crippen LogP contribution is -2.29. The van der Waals surface area contributed by atoms with Crippen LogP contribution in [0.4, 0.5) is 5.13 Å². The van der Waals surface area contributed by atoms with Crippen molar-refractivity contribution < 1.29 is 14.7 Å². The molecule has 0 bridgehead atoms. The van der Waals surface area contributed by atoms with Crippen molar-refractivity contribution in [3.63, 3.8) is 0 Å². The third-order valence-corrected chi connectivity index (χ3v) is 7.11. The maximum atomic E-state index is 13.3. The Hall–Kier alpha value is -3.77. The fourth-order valence-corrected chi connectivity index (χ4v) is 5.22. The van der Waals surface area contributed by atoms with Crippen LogP contribution in [0, 0.1) is 0 Å². The number of fused-ring (bicyclic) bond motifs is 1. The van der Waals surface area contributed by atoms with Crippen LogP contribution in [0.5, 0.6) is 0 Å². The minimum atomic E-state index is -0.783. The van der Waals surface area contributed by atoms with Gasteiger partial charge in [0, 0.05) is 5.56 Å². The Bertz CT molecular complexity index is 1400. The number of amides is 1. The number of aliphatic hydroxyl groups excluding tert-OH is 1. The number of nitrogens with zero attached hydrogens (tertiary/aromatic N) is 2. The normalized spacial score (nSPS) is 18.1. The van der Waals surface area contributed by atoms with Gasteiger partial charge in [-0.2, -0.15) is 0 Å². The van der Waals surface area contributed by atoms with Crippen molar-refractivity contribution in [2.45, 2.75) is 32.2 Å². The average molecular weight is 469 g/mol. The summed E-state index contributed by atoms with van der Waals surface area (Å²) in [5, 5.41) is 11.6. The smallest absolute Gasteiger partial charge is 0.301 e. The average Bonchev–Trinajstić information content (AvgIpc) is 3.37. The molecule has 6 heteroatoms. The largest absolute Gasteiger partial charge is 0.507 e. The number of anilines is 1. The van der Waals surface area contributed by atoms with E-state index in [1.54, 1.807) is 24.3 Å². The molecule has 0 aliphatic carbocycles. The van der Waals surface area contributed by atoms with Gasteiger partial charge in [-0.3, -0.25) is 14.5 Å². The maximum absolute atomic E-state index is 13.3. The van der Waals surface area contributed by atoms with Gasteiger partial charge in [0.2, 0.25) is 0 Å². The highest BCUT2D eigenvalue weighted by Crippen LogP contribution is 2.44. The summed E-state index contributed by atoms with van der Waals surface area (Å²) in [5.41, 5.74) is 3.15. The number of Topliss-reactive ketones (excluding diaryl/α,β-unsaturated/α-hetero) is 1. The Balaban J connectivity index is 1.72. The molecule has 1 aliphatic heterocycles. The SMILES string of the molecule is CC(C)(C)c1ccc(C2C(=C(O)c3ccccc3)C(=O)C(=O)N2c2nc3ccccc3s2)cc1. The summed E-state index contributed by atoms with van der Waals surface area (Å²) in [5.74, 6) is -1.60. The molecule has 3 aromatic carbocycles. The Morgan fingerprint density at radius 1 is 0.912 bits per heavy atom. The van der Waals surface area contributed by atoms with Gasteiger partial charge < -0.3 is 5.11 Å². The van der Waals surface area contributed by atoms with Crippen LogP contribution < -0.4 is 4.90 Å². The highest BCUT2D eigenvalue weighted by molar-refractivity contribution is 7.22. The number of carbonyl (C=O) groups is 2. The van der Waals surface area contributed by atoms with E-state index in [1.165, 1.54) is 16.2 Å². The number of aliphatic hydroxyl groups is 1. The quantitative estimate of drug-likeness (QED) is 0.220. The molecule has 2 heterocycles. The molecule has 1 atom stereocenters. The number of aromatic nitrogens is 1. The van der Waals surface area contributed by atoms with Crippen molar-refractivity contribution >= 4 is 44.1 Å². The first-order valence-electron chi connectivity index (χ1n) is 11.1. The molecule has 1 N–H and O–H groups in total. The van der Waals surface area contributed by atoms with Gasteiger partial charge in [0.25, 0.3) is 5.78 Å². The van der Waals surface area contributed by atoms with E-state index in [0.29, 0.717) is 10.7 Å². The molecule has 5 nitrogen and oxygen atoms in total. The van der Waals surface area contributed by atoms with Gasteiger partial charge in [0.15, 0.2) is 5.13 Å². The van der Waals surface area contributed by atoms with E-state index in [1.807, 2.05) is 54.6 Å². The minimum absolute atomic E-state index is 0.0442. The Morgan fingerprint density at radius 2 is 1.56 bits per heavy atom. The molecule has 1 aromatic heterocycles. The third kappa shape index (κ3) is 3.70. The van der Waals surface area contributed by atoms with Gasteiger partial charge in [-0.05, 0) is 28.7 Å². The molecule has 1 saturated heterocycles. The molecule has 0 radical (unpaired) electrons. The summed E-state index contributed by atoms with van der Waals surface area (Å²) in [6.45, 7) is 6.39. The molecule has 0 spiro atoms. The lowest BCUT2D eigenvalue weighted by Gasteiger charge is -2.24. The molecular weight excluding hydrogens is 444 g/mol. The summed E-state index contributed by atoms with van der Waals surface area (Å²) in [4.78, 5) is 32.7. The first kappa shape index (κ1) is 22.0. The van der Waals surface area contributed by atoms with Crippen LogP contribution in [0.3, 0.4) is 0 Å². The van der Waals surface area contributed by atoms with Crippen LogP contribution in [0.15, 0.2) is 84.4 Å². The fourth-order valence-electron chi connectivity index (χ4n) is 4.23. The topological polar surface area (TPSA) is 70.5 Å². The number of para-hydroxylation sites is 1. The molecule has 1 fully saturated rings. The second-order valence-electron chi connectivity index (χ2n) is 9.37. The predicted molar refractivity (Wildman–Crippen MR) is 136 cm³/mol. The lowest BCUT2D eigenvalue weighted by atomic mass is 9.85. The second-order valence-corrected chi connectivity index (χ2v) is 10.4. The van der Waals surface area contributed by atoms with Crippen LogP contribution in [-0.4, -0.2) is 21.8 Å². The van der Waals surface area contributed by atoms with Gasteiger partial charge in [-0.25, -0.2) is 4.98 Å². The van der Waals surface area contributed by atoms with E-state index in [-0.39, 0.29) is 16.7 Å². The standard InChI is InChI=1S/C28H24N2O3S/c1-28(2,3)19-15-13-17(14-16-19)23-22(24(31)18-9-5-4-6-10-18)25(32)26(33)30(23)27-29-20-11-7-8-12-21(20)34-27/h4-16,23,31H,1-3H3. The molecule has 1 unspecified atom stereocenters. The number of rotatable bonds is 3. The Kier molecular flexibility index (Phi) is 5.33. The molecule has 4 aromatic rings. The number of hydrogen-bond donors (Lipinski definition) is 1. The number of hydrogen-bond acceptors (Lipinski definition) is 5. The number of benzene rings is 3. The van der Waals surface area contributed by atoms with Crippen molar-refractivity contribution in [1.82, 2.24) is 4.98 Å². The van der Waals surface area contributed by atoms with Crippen LogP contribution in [0.25, 0.3) is 16.0 Å². The van der Waals surface area contributed by atoms with Gasteiger partial charge >= 0.3 is 5.91 Å². The lowest BCUT2D eigenvalue weighted by molar-refractivity contribution is -0.132. The molecule has 0 saturated carbocycles. The Morgan fingerprint density at radius 3 is 2.21 bits per heavy atom. The fraction of sp³-hybridized carbons (Fsp3) is 0.179. The van der Waals surface area contributed by atoms with E-state index < -0.39 is 17.7 Å². The van der Waals surface area contributed by atoms with Crippen LogP contribution >= 0.6 is 11.3 Å². The molecule has 1 aliphatic rings. The zero-order valence-electron chi connectivity index (χ0n) is 19.1. The van der Waals surface area contributed by atoms with E-state index in [2.05, 4.69) is 25.8 Å². The molecular formula is C28H24N2O3S. The zero-order chi connectivity index (χ0) is 24.0. The number of ketones is 1. The number of thiazole rings is 1. The van der Waals surface area contributed by atoms with Crippen LogP contribution in [0.1, 0.15) is 43.5 Å².